The summed E-state index contributed by atoms with van der Waals surface area (Å²) in [5.74, 6) is -2.58. The van der Waals surface area contributed by atoms with Gasteiger partial charge in [0, 0.05) is 17.9 Å². The molecule has 94 valence electrons. The lowest BCUT2D eigenvalue weighted by Gasteiger charge is -2.26. The summed E-state index contributed by atoms with van der Waals surface area (Å²) in [4.78, 5) is 13.5. The van der Waals surface area contributed by atoms with Gasteiger partial charge in [0.25, 0.3) is 5.91 Å². The maximum Gasteiger partial charge on any atom is 0.257 e. The fraction of sp³-hybridized carbons (Fsp3) is 0.417. The zero-order valence-electron chi connectivity index (χ0n) is 9.71. The highest BCUT2D eigenvalue weighted by atomic mass is 79.9. The lowest BCUT2D eigenvalue weighted by molar-refractivity contribution is 0.0713. The van der Waals surface area contributed by atoms with Crippen LogP contribution in [0.4, 0.5) is 8.78 Å². The Kier molecular flexibility index (Phi) is 5.05. The highest BCUT2D eigenvalue weighted by Crippen LogP contribution is 2.15. The predicted octanol–water partition coefficient (Wildman–Crippen LogP) is 3.21. The van der Waals surface area contributed by atoms with Gasteiger partial charge >= 0.3 is 0 Å². The first-order valence-electron chi connectivity index (χ1n) is 5.30. The average Bonchev–Trinajstić information content (AvgIpc) is 2.28. The van der Waals surface area contributed by atoms with Gasteiger partial charge < -0.3 is 4.90 Å². The van der Waals surface area contributed by atoms with Gasteiger partial charge in [-0.15, -0.1) is 0 Å². The van der Waals surface area contributed by atoms with Crippen molar-refractivity contribution in [1.82, 2.24) is 4.90 Å². The van der Waals surface area contributed by atoms with Gasteiger partial charge in [0.15, 0.2) is 11.6 Å². The number of amides is 1. The SMILES string of the molecule is CC(C)N(CCBr)C(=O)c1cccc(F)c1F. The number of hydrogen-bond donors (Lipinski definition) is 0. The van der Waals surface area contributed by atoms with Crippen molar-refractivity contribution in [2.75, 3.05) is 11.9 Å². The van der Waals surface area contributed by atoms with Crippen molar-refractivity contribution in [1.29, 1.82) is 0 Å². The van der Waals surface area contributed by atoms with E-state index in [0.29, 0.717) is 11.9 Å². The maximum atomic E-state index is 13.5. The van der Waals surface area contributed by atoms with Crippen molar-refractivity contribution in [3.8, 4) is 0 Å². The Balaban J connectivity index is 3.05. The van der Waals surface area contributed by atoms with E-state index in [4.69, 9.17) is 0 Å². The Labute approximate surface area is 108 Å². The zero-order chi connectivity index (χ0) is 13.0. The Morgan fingerprint density at radius 3 is 2.59 bits per heavy atom. The molecule has 0 aromatic heterocycles. The third-order valence-electron chi connectivity index (χ3n) is 2.39. The minimum Gasteiger partial charge on any atom is -0.335 e. The largest absolute Gasteiger partial charge is 0.335 e. The molecule has 0 heterocycles. The van der Waals surface area contributed by atoms with Crippen LogP contribution in [0.15, 0.2) is 18.2 Å². The highest BCUT2D eigenvalue weighted by Gasteiger charge is 2.22. The van der Waals surface area contributed by atoms with Crippen molar-refractivity contribution < 1.29 is 13.6 Å². The van der Waals surface area contributed by atoms with Crippen LogP contribution in [0.2, 0.25) is 0 Å². The van der Waals surface area contributed by atoms with Gasteiger partial charge in [0.05, 0.1) is 5.56 Å². The second kappa shape index (κ2) is 6.10. The quantitative estimate of drug-likeness (QED) is 0.782. The summed E-state index contributed by atoms with van der Waals surface area (Å²) in [5, 5.41) is 0.591. The molecule has 0 bridgehead atoms. The molecule has 1 aromatic carbocycles. The first-order valence-corrected chi connectivity index (χ1v) is 6.42. The Morgan fingerprint density at radius 1 is 1.41 bits per heavy atom. The van der Waals surface area contributed by atoms with E-state index in [2.05, 4.69) is 15.9 Å². The molecule has 0 unspecified atom stereocenters. The predicted molar refractivity (Wildman–Crippen MR) is 66.3 cm³/mol. The lowest BCUT2D eigenvalue weighted by Crippen LogP contribution is -2.38. The summed E-state index contributed by atoms with van der Waals surface area (Å²) in [6, 6.07) is 3.56. The van der Waals surface area contributed by atoms with E-state index >= 15 is 0 Å². The number of halogens is 3. The van der Waals surface area contributed by atoms with Crippen LogP contribution in [0.3, 0.4) is 0 Å². The minimum absolute atomic E-state index is 0.0669. The third-order valence-corrected chi connectivity index (χ3v) is 2.75. The molecule has 0 N–H and O–H groups in total. The third kappa shape index (κ3) is 3.25. The normalized spacial score (nSPS) is 10.7. The van der Waals surface area contributed by atoms with Gasteiger partial charge in [-0.1, -0.05) is 22.0 Å². The Bertz CT molecular complexity index is 409. The molecule has 0 aliphatic rings. The van der Waals surface area contributed by atoms with Gasteiger partial charge in [-0.3, -0.25) is 4.79 Å². The lowest BCUT2D eigenvalue weighted by atomic mass is 10.1. The number of carbonyl (C=O) groups excluding carboxylic acids is 1. The number of carbonyl (C=O) groups is 1. The fourth-order valence-corrected chi connectivity index (χ4v) is 1.89. The van der Waals surface area contributed by atoms with Crippen molar-refractivity contribution in [3.05, 3.63) is 35.4 Å². The molecule has 1 amide bonds. The topological polar surface area (TPSA) is 20.3 Å². The first kappa shape index (κ1) is 14.1. The van der Waals surface area contributed by atoms with E-state index in [1.807, 2.05) is 13.8 Å². The van der Waals surface area contributed by atoms with Gasteiger partial charge in [-0.05, 0) is 26.0 Å². The number of hydrogen-bond acceptors (Lipinski definition) is 1. The summed E-state index contributed by atoms with van der Waals surface area (Å²) in [7, 11) is 0. The van der Waals surface area contributed by atoms with Crippen LogP contribution in [0, 0.1) is 11.6 Å². The number of alkyl halides is 1. The molecule has 0 saturated carbocycles. The molecule has 1 rings (SSSR count). The monoisotopic (exact) mass is 305 g/mol. The molecular weight excluding hydrogens is 292 g/mol. The van der Waals surface area contributed by atoms with Crippen molar-refractivity contribution in [3.63, 3.8) is 0 Å². The van der Waals surface area contributed by atoms with Crippen LogP contribution >= 0.6 is 15.9 Å². The Morgan fingerprint density at radius 2 is 2.06 bits per heavy atom. The standard InChI is InChI=1S/C12H14BrF2NO/c1-8(2)16(7-6-13)12(17)9-4-3-5-10(14)11(9)15/h3-5,8H,6-7H2,1-2H3. The molecular formula is C12H14BrF2NO. The molecule has 5 heteroatoms. The fourth-order valence-electron chi connectivity index (χ4n) is 1.51. The molecule has 0 atom stereocenters. The van der Waals surface area contributed by atoms with Crippen LogP contribution in [-0.2, 0) is 0 Å². The molecule has 0 radical (unpaired) electrons. The molecule has 17 heavy (non-hydrogen) atoms. The molecule has 0 fully saturated rings. The summed E-state index contributed by atoms with van der Waals surface area (Å²) in [5.41, 5.74) is -0.223. The molecule has 0 saturated heterocycles. The van der Waals surface area contributed by atoms with Gasteiger partial charge in [0.1, 0.15) is 0 Å². The average molecular weight is 306 g/mol. The van der Waals surface area contributed by atoms with Crippen LogP contribution in [-0.4, -0.2) is 28.7 Å². The Hall–Kier alpha value is -0.970. The number of benzene rings is 1. The number of rotatable bonds is 4. The maximum absolute atomic E-state index is 13.5. The first-order chi connectivity index (χ1) is 7.99. The number of nitrogens with zero attached hydrogens (tertiary/aromatic N) is 1. The van der Waals surface area contributed by atoms with Gasteiger partial charge in [0.2, 0.25) is 0 Å². The van der Waals surface area contributed by atoms with Gasteiger partial charge in [-0.2, -0.15) is 0 Å². The highest BCUT2D eigenvalue weighted by molar-refractivity contribution is 9.09. The van der Waals surface area contributed by atoms with E-state index in [1.165, 1.54) is 17.0 Å². The van der Waals surface area contributed by atoms with Crippen molar-refractivity contribution >= 4 is 21.8 Å². The van der Waals surface area contributed by atoms with E-state index in [-0.39, 0.29) is 11.6 Å². The van der Waals surface area contributed by atoms with Crippen molar-refractivity contribution in [2.45, 2.75) is 19.9 Å². The zero-order valence-corrected chi connectivity index (χ0v) is 11.3. The summed E-state index contributed by atoms with van der Waals surface area (Å²) >= 11 is 3.23. The summed E-state index contributed by atoms with van der Waals surface area (Å²) in [6.07, 6.45) is 0. The second-order valence-corrected chi connectivity index (χ2v) is 4.68. The van der Waals surface area contributed by atoms with E-state index < -0.39 is 17.5 Å². The molecule has 0 spiro atoms. The molecule has 0 aliphatic carbocycles. The molecule has 0 aliphatic heterocycles. The van der Waals surface area contributed by atoms with Crippen LogP contribution < -0.4 is 0 Å². The van der Waals surface area contributed by atoms with Gasteiger partial charge in [-0.25, -0.2) is 8.78 Å². The summed E-state index contributed by atoms with van der Waals surface area (Å²) < 4.78 is 26.5. The summed E-state index contributed by atoms with van der Waals surface area (Å²) in [6.45, 7) is 4.11. The van der Waals surface area contributed by atoms with Crippen molar-refractivity contribution in [2.24, 2.45) is 0 Å². The van der Waals surface area contributed by atoms with E-state index in [0.717, 1.165) is 6.07 Å². The smallest absolute Gasteiger partial charge is 0.257 e. The van der Waals surface area contributed by atoms with Crippen LogP contribution in [0.1, 0.15) is 24.2 Å². The second-order valence-electron chi connectivity index (χ2n) is 3.88. The van der Waals surface area contributed by atoms with E-state index in [1.54, 1.807) is 0 Å². The van der Waals surface area contributed by atoms with Crippen LogP contribution in [0.25, 0.3) is 0 Å². The van der Waals surface area contributed by atoms with E-state index in [9.17, 15) is 13.6 Å². The molecule has 1 aromatic rings. The minimum atomic E-state index is -1.09. The molecule has 2 nitrogen and oxygen atoms in total. The van der Waals surface area contributed by atoms with Crippen LogP contribution in [0.5, 0.6) is 0 Å².